The Kier molecular flexibility index (Phi) is 3.38. The van der Waals surface area contributed by atoms with Gasteiger partial charge in [0.15, 0.2) is 0 Å². The number of nitrogens with zero attached hydrogens (tertiary/aromatic N) is 2. The zero-order valence-electron chi connectivity index (χ0n) is 11.3. The molecule has 0 atom stereocenters. The molecule has 0 aliphatic heterocycles. The molecule has 1 aromatic carbocycles. The van der Waals surface area contributed by atoms with Gasteiger partial charge in [0.1, 0.15) is 11.4 Å². The predicted octanol–water partition coefficient (Wildman–Crippen LogP) is 1.72. The van der Waals surface area contributed by atoms with Gasteiger partial charge in [0.05, 0.1) is 7.11 Å². The molecular weight excluding hydrogens is 270 g/mol. The number of anilines is 1. The highest BCUT2D eigenvalue weighted by atomic mass is 16.5. The minimum atomic E-state index is -0.308. The monoisotopic (exact) mass is 283 g/mol. The fourth-order valence-corrected chi connectivity index (χ4v) is 1.90. The van der Waals surface area contributed by atoms with E-state index in [0.29, 0.717) is 11.6 Å². The molecule has 106 valence electrons. The number of methoxy groups -OCH3 is 1. The summed E-state index contributed by atoms with van der Waals surface area (Å²) in [5, 5.41) is 0.928. The van der Waals surface area contributed by atoms with Crippen LogP contribution in [0.25, 0.3) is 10.9 Å². The molecule has 3 rings (SSSR count). The van der Waals surface area contributed by atoms with E-state index in [4.69, 9.17) is 4.74 Å². The third kappa shape index (κ3) is 2.76. The maximum Gasteiger partial charge on any atom is 0.286 e. The molecule has 1 amide bonds. The molecule has 21 heavy (non-hydrogen) atoms. The van der Waals surface area contributed by atoms with E-state index in [0.717, 1.165) is 16.7 Å². The first-order valence-corrected chi connectivity index (χ1v) is 6.26. The molecule has 0 fully saturated rings. The summed E-state index contributed by atoms with van der Waals surface area (Å²) in [6.07, 6.45) is 3.16. The first-order valence-electron chi connectivity index (χ1n) is 6.26. The predicted molar refractivity (Wildman–Crippen MR) is 78.0 cm³/mol. The summed E-state index contributed by atoms with van der Waals surface area (Å²) in [7, 11) is 1.60. The van der Waals surface area contributed by atoms with Gasteiger partial charge in [-0.1, -0.05) is 0 Å². The van der Waals surface area contributed by atoms with Crippen molar-refractivity contribution in [2.24, 2.45) is 0 Å². The Bertz CT molecular complexity index is 769. The maximum absolute atomic E-state index is 12.1. The summed E-state index contributed by atoms with van der Waals surface area (Å²) >= 11 is 0. The Morgan fingerprint density at radius 3 is 2.81 bits per heavy atom. The molecule has 0 aliphatic carbocycles. The fraction of sp³-hybridized carbons (Fsp3) is 0.0714. The van der Waals surface area contributed by atoms with Crippen molar-refractivity contribution in [2.45, 2.75) is 0 Å². The summed E-state index contributed by atoms with van der Waals surface area (Å²) in [4.78, 5) is 23.0. The Morgan fingerprint density at radius 2 is 2.05 bits per heavy atom. The van der Waals surface area contributed by atoms with Crippen LogP contribution < -0.4 is 15.6 Å². The number of hydrazine groups is 1. The number of rotatable bonds is 4. The minimum Gasteiger partial charge on any atom is -0.497 e. The van der Waals surface area contributed by atoms with Crippen LogP contribution in [-0.2, 0) is 0 Å². The molecule has 0 unspecified atom stereocenters. The van der Waals surface area contributed by atoms with Crippen LogP contribution in [0.4, 0.5) is 5.95 Å². The average Bonchev–Trinajstić information content (AvgIpc) is 2.96. The van der Waals surface area contributed by atoms with Crippen molar-refractivity contribution >= 4 is 22.8 Å². The number of ether oxygens (including phenoxy) is 1. The third-order valence-corrected chi connectivity index (χ3v) is 2.93. The molecule has 3 N–H and O–H groups in total. The van der Waals surface area contributed by atoms with Crippen LogP contribution in [0.3, 0.4) is 0 Å². The average molecular weight is 283 g/mol. The van der Waals surface area contributed by atoms with Gasteiger partial charge in [-0.15, -0.1) is 0 Å². The van der Waals surface area contributed by atoms with Crippen molar-refractivity contribution in [3.63, 3.8) is 0 Å². The lowest BCUT2D eigenvalue weighted by Crippen LogP contribution is -2.30. The van der Waals surface area contributed by atoms with Gasteiger partial charge in [0.25, 0.3) is 5.91 Å². The number of benzene rings is 1. The summed E-state index contributed by atoms with van der Waals surface area (Å²) in [6, 6.07) is 9.01. The van der Waals surface area contributed by atoms with Gasteiger partial charge in [0, 0.05) is 29.4 Å². The van der Waals surface area contributed by atoms with E-state index in [-0.39, 0.29) is 5.91 Å². The Labute approximate surface area is 120 Å². The second-order valence-corrected chi connectivity index (χ2v) is 4.29. The van der Waals surface area contributed by atoms with Gasteiger partial charge in [-0.25, -0.2) is 9.97 Å². The lowest BCUT2D eigenvalue weighted by atomic mass is 10.2. The normalized spacial score (nSPS) is 10.3. The highest BCUT2D eigenvalue weighted by molar-refractivity contribution is 5.98. The van der Waals surface area contributed by atoms with E-state index in [1.807, 2.05) is 18.2 Å². The second kappa shape index (κ2) is 5.49. The summed E-state index contributed by atoms with van der Waals surface area (Å²) in [5.41, 5.74) is 6.43. The van der Waals surface area contributed by atoms with Crippen molar-refractivity contribution < 1.29 is 9.53 Å². The highest BCUT2D eigenvalue weighted by Crippen LogP contribution is 2.21. The standard InChI is InChI=1S/C14H13N5O2/c1-21-10-4-3-9-7-12(17-11(9)8-10)13(20)18-19-14-15-5-2-6-16-14/h2-8,17H,1H3,(H,18,20)(H,15,16,19). The topological polar surface area (TPSA) is 91.9 Å². The molecule has 0 radical (unpaired) electrons. The Morgan fingerprint density at radius 1 is 1.24 bits per heavy atom. The van der Waals surface area contributed by atoms with Crippen LogP contribution >= 0.6 is 0 Å². The Balaban J connectivity index is 1.75. The quantitative estimate of drug-likeness (QED) is 0.634. The summed E-state index contributed by atoms with van der Waals surface area (Å²) in [6.45, 7) is 0. The zero-order chi connectivity index (χ0) is 14.7. The first-order chi connectivity index (χ1) is 10.3. The fourth-order valence-electron chi connectivity index (χ4n) is 1.90. The second-order valence-electron chi connectivity index (χ2n) is 4.29. The number of fused-ring (bicyclic) bond motifs is 1. The molecule has 3 aromatic rings. The molecule has 0 saturated heterocycles. The van der Waals surface area contributed by atoms with Crippen LogP contribution in [0, 0.1) is 0 Å². The largest absolute Gasteiger partial charge is 0.497 e. The Hall–Kier alpha value is -3.09. The van der Waals surface area contributed by atoms with Gasteiger partial charge in [-0.05, 0) is 24.3 Å². The number of H-pyrrole nitrogens is 1. The number of carbonyl (C=O) groups excluding carboxylic acids is 1. The number of hydrogen-bond acceptors (Lipinski definition) is 5. The van der Waals surface area contributed by atoms with E-state index in [2.05, 4.69) is 25.8 Å². The van der Waals surface area contributed by atoms with Crippen LogP contribution in [0.15, 0.2) is 42.7 Å². The number of amides is 1. The molecule has 2 heterocycles. The van der Waals surface area contributed by atoms with Gasteiger partial charge in [0.2, 0.25) is 5.95 Å². The lowest BCUT2D eigenvalue weighted by Gasteiger charge is -2.04. The van der Waals surface area contributed by atoms with Gasteiger partial charge in [-0.2, -0.15) is 0 Å². The van der Waals surface area contributed by atoms with Crippen molar-refractivity contribution in [3.05, 3.63) is 48.4 Å². The maximum atomic E-state index is 12.1. The summed E-state index contributed by atoms with van der Waals surface area (Å²) < 4.78 is 5.15. The number of nitrogens with one attached hydrogen (secondary N) is 3. The van der Waals surface area contributed by atoms with Crippen LogP contribution in [0.5, 0.6) is 5.75 Å². The zero-order valence-corrected chi connectivity index (χ0v) is 11.3. The number of carbonyl (C=O) groups is 1. The molecule has 0 saturated carbocycles. The smallest absolute Gasteiger partial charge is 0.286 e. The van der Waals surface area contributed by atoms with Crippen molar-refractivity contribution in [1.82, 2.24) is 20.4 Å². The number of aromatic nitrogens is 3. The molecular formula is C14H13N5O2. The highest BCUT2D eigenvalue weighted by Gasteiger charge is 2.10. The molecule has 2 aromatic heterocycles. The lowest BCUT2D eigenvalue weighted by molar-refractivity contribution is 0.0958. The van der Waals surface area contributed by atoms with Crippen molar-refractivity contribution in [1.29, 1.82) is 0 Å². The van der Waals surface area contributed by atoms with Gasteiger partial charge >= 0.3 is 0 Å². The van der Waals surface area contributed by atoms with Gasteiger partial charge < -0.3 is 9.72 Å². The minimum absolute atomic E-state index is 0.308. The van der Waals surface area contributed by atoms with Crippen LogP contribution in [-0.4, -0.2) is 28.0 Å². The van der Waals surface area contributed by atoms with E-state index in [1.54, 1.807) is 31.6 Å². The SMILES string of the molecule is COc1ccc2cc(C(=O)NNc3ncccn3)[nH]c2c1. The van der Waals surface area contributed by atoms with E-state index >= 15 is 0 Å². The van der Waals surface area contributed by atoms with E-state index < -0.39 is 0 Å². The van der Waals surface area contributed by atoms with E-state index in [1.165, 1.54) is 0 Å². The molecule has 7 nitrogen and oxygen atoms in total. The molecule has 0 bridgehead atoms. The molecule has 0 spiro atoms. The van der Waals surface area contributed by atoms with Crippen LogP contribution in [0.2, 0.25) is 0 Å². The van der Waals surface area contributed by atoms with Crippen molar-refractivity contribution in [3.8, 4) is 5.75 Å². The molecule has 0 aliphatic rings. The first kappa shape index (κ1) is 12.9. The number of hydrogen-bond donors (Lipinski definition) is 3. The van der Waals surface area contributed by atoms with Crippen LogP contribution in [0.1, 0.15) is 10.5 Å². The molecule has 7 heteroatoms. The number of aromatic amines is 1. The third-order valence-electron chi connectivity index (χ3n) is 2.93. The van der Waals surface area contributed by atoms with E-state index in [9.17, 15) is 4.79 Å². The summed E-state index contributed by atoms with van der Waals surface area (Å²) in [5.74, 6) is 0.744. The van der Waals surface area contributed by atoms with Crippen molar-refractivity contribution in [2.75, 3.05) is 12.5 Å². The van der Waals surface area contributed by atoms with Gasteiger partial charge in [-0.3, -0.25) is 15.6 Å².